The van der Waals surface area contributed by atoms with Crippen LogP contribution in [-0.2, 0) is 17.9 Å². The fourth-order valence-electron chi connectivity index (χ4n) is 2.54. The molecule has 0 bridgehead atoms. The summed E-state index contributed by atoms with van der Waals surface area (Å²) in [6.45, 7) is 3.03. The van der Waals surface area contributed by atoms with Crippen molar-refractivity contribution < 1.29 is 14.3 Å². The van der Waals surface area contributed by atoms with Gasteiger partial charge in [-0.15, -0.1) is 10.2 Å². The van der Waals surface area contributed by atoms with E-state index in [2.05, 4.69) is 15.5 Å². The van der Waals surface area contributed by atoms with Crippen molar-refractivity contribution >= 4 is 23.4 Å². The van der Waals surface area contributed by atoms with Crippen LogP contribution in [0.2, 0.25) is 0 Å². The van der Waals surface area contributed by atoms with Gasteiger partial charge in [0.15, 0.2) is 11.0 Å². The second-order valence-corrected chi connectivity index (χ2v) is 6.76. The number of rotatable bonds is 9. The number of ether oxygens (including phenoxy) is 2. The quantitative estimate of drug-likeness (QED) is 0.555. The number of nitrogens with zero attached hydrogens (tertiary/aromatic N) is 3. The average molecular weight is 398 g/mol. The molecule has 0 fully saturated rings. The van der Waals surface area contributed by atoms with Gasteiger partial charge in [-0.1, -0.05) is 36.0 Å². The van der Waals surface area contributed by atoms with Gasteiger partial charge in [0.25, 0.3) is 0 Å². The van der Waals surface area contributed by atoms with Crippen LogP contribution in [0.25, 0.3) is 0 Å². The molecule has 7 nitrogen and oxygen atoms in total. The number of carbonyl (C=O) groups excluding carboxylic acids is 1. The number of amides is 1. The number of methoxy groups -OCH3 is 1. The third-order valence-electron chi connectivity index (χ3n) is 3.91. The van der Waals surface area contributed by atoms with Gasteiger partial charge in [0.05, 0.1) is 12.9 Å². The first-order valence-corrected chi connectivity index (χ1v) is 9.84. The number of benzene rings is 2. The van der Waals surface area contributed by atoms with Crippen molar-refractivity contribution in [1.29, 1.82) is 0 Å². The van der Waals surface area contributed by atoms with Crippen molar-refractivity contribution in [2.75, 3.05) is 18.2 Å². The molecule has 3 rings (SSSR count). The van der Waals surface area contributed by atoms with Gasteiger partial charge in [0.1, 0.15) is 18.1 Å². The Hall–Kier alpha value is -3.00. The Labute approximate surface area is 168 Å². The Kier molecular flexibility index (Phi) is 6.91. The number of thioether (sulfide) groups is 1. The van der Waals surface area contributed by atoms with Crippen LogP contribution in [0.3, 0.4) is 0 Å². The number of hydrogen-bond donors (Lipinski definition) is 1. The van der Waals surface area contributed by atoms with Crippen molar-refractivity contribution in [3.8, 4) is 11.5 Å². The Morgan fingerprint density at radius 1 is 1.11 bits per heavy atom. The van der Waals surface area contributed by atoms with Gasteiger partial charge in [0, 0.05) is 18.3 Å². The molecule has 1 aromatic heterocycles. The van der Waals surface area contributed by atoms with Crippen LogP contribution in [0.15, 0.2) is 59.8 Å². The summed E-state index contributed by atoms with van der Waals surface area (Å²) in [5.74, 6) is 2.31. The molecule has 146 valence electrons. The predicted molar refractivity (Wildman–Crippen MR) is 109 cm³/mol. The molecule has 1 N–H and O–H groups in total. The highest BCUT2D eigenvalue weighted by Crippen LogP contribution is 2.20. The van der Waals surface area contributed by atoms with E-state index in [0.29, 0.717) is 29.7 Å². The summed E-state index contributed by atoms with van der Waals surface area (Å²) >= 11 is 1.34. The monoisotopic (exact) mass is 398 g/mol. The Morgan fingerprint density at radius 3 is 2.64 bits per heavy atom. The van der Waals surface area contributed by atoms with Crippen LogP contribution in [-0.4, -0.2) is 33.5 Å². The lowest BCUT2D eigenvalue weighted by Crippen LogP contribution is -2.15. The first-order chi connectivity index (χ1) is 13.7. The summed E-state index contributed by atoms with van der Waals surface area (Å²) < 4.78 is 12.9. The highest BCUT2D eigenvalue weighted by atomic mass is 32.2. The second kappa shape index (κ2) is 9.80. The summed E-state index contributed by atoms with van der Waals surface area (Å²) in [6, 6.07) is 16.8. The van der Waals surface area contributed by atoms with E-state index in [1.807, 2.05) is 60.0 Å². The molecule has 0 saturated heterocycles. The standard InChI is InChI=1S/C20H22N4O3S/c1-3-24-18(13-27-16-9-5-4-6-10-16)22-23-20(24)28-14-19(25)21-15-8-7-11-17(12-15)26-2/h4-12H,3,13-14H2,1-2H3,(H,21,25). The number of hydrogen-bond acceptors (Lipinski definition) is 6. The number of carbonyl (C=O) groups is 1. The first-order valence-electron chi connectivity index (χ1n) is 8.86. The minimum atomic E-state index is -0.119. The summed E-state index contributed by atoms with van der Waals surface area (Å²) in [7, 11) is 1.59. The van der Waals surface area contributed by atoms with E-state index in [1.165, 1.54) is 11.8 Å². The van der Waals surface area contributed by atoms with E-state index in [9.17, 15) is 4.79 Å². The zero-order valence-corrected chi connectivity index (χ0v) is 16.6. The van der Waals surface area contributed by atoms with E-state index in [4.69, 9.17) is 9.47 Å². The second-order valence-electron chi connectivity index (χ2n) is 5.81. The molecule has 28 heavy (non-hydrogen) atoms. The lowest BCUT2D eigenvalue weighted by atomic mass is 10.3. The summed E-state index contributed by atoms with van der Waals surface area (Å²) in [5, 5.41) is 12.0. The van der Waals surface area contributed by atoms with Crippen LogP contribution >= 0.6 is 11.8 Å². The van der Waals surface area contributed by atoms with E-state index in [-0.39, 0.29) is 11.7 Å². The molecular weight excluding hydrogens is 376 g/mol. The molecule has 3 aromatic rings. The van der Waals surface area contributed by atoms with Gasteiger partial charge in [-0.3, -0.25) is 4.79 Å². The van der Waals surface area contributed by atoms with E-state index in [1.54, 1.807) is 13.2 Å². The topological polar surface area (TPSA) is 78.3 Å². The molecule has 8 heteroatoms. The summed E-state index contributed by atoms with van der Waals surface area (Å²) in [5.41, 5.74) is 0.693. The molecule has 0 saturated carbocycles. The largest absolute Gasteiger partial charge is 0.497 e. The van der Waals surface area contributed by atoms with Crippen molar-refractivity contribution in [3.63, 3.8) is 0 Å². The lowest BCUT2D eigenvalue weighted by Gasteiger charge is -2.09. The molecule has 0 spiro atoms. The molecule has 0 unspecified atom stereocenters. The molecule has 1 amide bonds. The van der Waals surface area contributed by atoms with Crippen molar-refractivity contribution in [2.24, 2.45) is 0 Å². The maximum atomic E-state index is 12.2. The smallest absolute Gasteiger partial charge is 0.234 e. The van der Waals surface area contributed by atoms with Gasteiger partial charge >= 0.3 is 0 Å². The van der Waals surface area contributed by atoms with Crippen LogP contribution in [0.4, 0.5) is 5.69 Å². The summed E-state index contributed by atoms with van der Waals surface area (Å²) in [6.07, 6.45) is 0. The maximum absolute atomic E-state index is 12.2. The van der Waals surface area contributed by atoms with Crippen molar-refractivity contribution in [2.45, 2.75) is 25.2 Å². The van der Waals surface area contributed by atoms with E-state index >= 15 is 0 Å². The fourth-order valence-corrected chi connectivity index (χ4v) is 3.36. The maximum Gasteiger partial charge on any atom is 0.234 e. The highest BCUT2D eigenvalue weighted by molar-refractivity contribution is 7.99. The minimum absolute atomic E-state index is 0.119. The van der Waals surface area contributed by atoms with Crippen molar-refractivity contribution in [3.05, 3.63) is 60.4 Å². The normalized spacial score (nSPS) is 10.5. The number of anilines is 1. The Balaban J connectivity index is 1.56. The molecular formula is C20H22N4O3S. The lowest BCUT2D eigenvalue weighted by molar-refractivity contribution is -0.113. The van der Waals surface area contributed by atoms with Crippen molar-refractivity contribution in [1.82, 2.24) is 14.8 Å². The first kappa shape index (κ1) is 19.8. The molecule has 0 aliphatic heterocycles. The van der Waals surface area contributed by atoms with Gasteiger partial charge < -0.3 is 19.4 Å². The molecule has 2 aromatic carbocycles. The van der Waals surface area contributed by atoms with Gasteiger partial charge in [-0.05, 0) is 31.2 Å². The predicted octanol–water partition coefficient (Wildman–Crippen LogP) is 3.62. The zero-order chi connectivity index (χ0) is 19.8. The molecule has 0 radical (unpaired) electrons. The molecule has 0 atom stereocenters. The summed E-state index contributed by atoms with van der Waals surface area (Å²) in [4.78, 5) is 12.2. The number of nitrogens with one attached hydrogen (secondary N) is 1. The average Bonchev–Trinajstić information content (AvgIpc) is 3.13. The van der Waals surface area contributed by atoms with E-state index in [0.717, 1.165) is 11.6 Å². The molecule has 1 heterocycles. The van der Waals surface area contributed by atoms with Gasteiger partial charge in [-0.2, -0.15) is 0 Å². The molecule has 0 aliphatic rings. The van der Waals surface area contributed by atoms with Gasteiger partial charge in [-0.25, -0.2) is 0 Å². The van der Waals surface area contributed by atoms with Crippen LogP contribution in [0, 0.1) is 0 Å². The number of aromatic nitrogens is 3. The fraction of sp³-hybridized carbons (Fsp3) is 0.250. The minimum Gasteiger partial charge on any atom is -0.497 e. The van der Waals surface area contributed by atoms with E-state index < -0.39 is 0 Å². The number of para-hydroxylation sites is 1. The Morgan fingerprint density at radius 2 is 1.89 bits per heavy atom. The zero-order valence-electron chi connectivity index (χ0n) is 15.8. The van der Waals surface area contributed by atoms with Gasteiger partial charge in [0.2, 0.25) is 5.91 Å². The Bertz CT molecular complexity index is 915. The highest BCUT2D eigenvalue weighted by Gasteiger charge is 2.14. The SMILES string of the molecule is CCn1c(COc2ccccc2)nnc1SCC(=O)Nc1cccc(OC)c1. The third-order valence-corrected chi connectivity index (χ3v) is 4.87. The van der Waals surface area contributed by atoms with Crippen LogP contribution in [0.5, 0.6) is 11.5 Å². The van der Waals surface area contributed by atoms with Crippen LogP contribution < -0.4 is 14.8 Å². The third kappa shape index (κ3) is 5.26. The van der Waals surface area contributed by atoms with Crippen LogP contribution in [0.1, 0.15) is 12.7 Å². The molecule has 0 aliphatic carbocycles.